The molecule has 0 saturated heterocycles. The van der Waals surface area contributed by atoms with E-state index in [9.17, 15) is 0 Å². The number of hydrogen-bond donors (Lipinski definition) is 0. The molecule has 0 atom stereocenters. The second-order valence-corrected chi connectivity index (χ2v) is 1.56. The third-order valence-corrected chi connectivity index (χ3v) is 0. The molecular formula is CuHgMnO4+. The van der Waals surface area contributed by atoms with Crippen LogP contribution in [0, 0.1) is 0 Å². The van der Waals surface area contributed by atoms with E-state index in [0.717, 1.165) is 0 Å². The van der Waals surface area contributed by atoms with E-state index in [4.69, 9.17) is 16.0 Å². The fourth-order valence-electron chi connectivity index (χ4n) is 0. The zero-order valence-corrected chi connectivity index (χ0v) is 10.6. The predicted molar refractivity (Wildman–Crippen MR) is 1.37 cm³/mol. The molecule has 0 N–H and O–H groups in total. The molecule has 0 aromatic rings. The summed E-state index contributed by atoms with van der Waals surface area (Å²) < 4.78 is 34.3. The molecule has 0 spiro atoms. The molecule has 0 aliphatic heterocycles. The zero-order chi connectivity index (χ0) is 4.50. The van der Waals surface area contributed by atoms with Crippen molar-refractivity contribution < 1.29 is 74.2 Å². The van der Waals surface area contributed by atoms with E-state index in [1.165, 1.54) is 0 Å². The van der Waals surface area contributed by atoms with Crippen LogP contribution < -0.4 is 8.38 Å². The van der Waals surface area contributed by atoms with E-state index in [2.05, 4.69) is 0 Å². The summed E-state index contributed by atoms with van der Waals surface area (Å²) in [6.45, 7) is 0. The molecule has 43 valence electrons. The SMILES string of the molecule is [Cu+2].[Hg+].[O]=[Mn](=[O])([O-])[O-]. The van der Waals surface area contributed by atoms with Crippen molar-refractivity contribution in [3.8, 4) is 0 Å². The van der Waals surface area contributed by atoms with Gasteiger partial charge in [0.1, 0.15) is 0 Å². The van der Waals surface area contributed by atoms with E-state index in [1.54, 1.807) is 0 Å². The molecular weight excluding hydrogens is 383 g/mol. The minimum atomic E-state index is -5.62. The van der Waals surface area contributed by atoms with Gasteiger partial charge in [0.25, 0.3) is 0 Å². The molecule has 0 aromatic heterocycles. The third kappa shape index (κ3) is 101. The summed E-state index contributed by atoms with van der Waals surface area (Å²) in [5, 5.41) is 0. The zero-order valence-electron chi connectivity index (χ0n) is 3.02. The Balaban J connectivity index is -0.0000000800. The quantitative estimate of drug-likeness (QED) is 0.429. The molecule has 0 fully saturated rings. The maximum absolute atomic E-state index is 8.58. The van der Waals surface area contributed by atoms with E-state index >= 15 is 0 Å². The van der Waals surface area contributed by atoms with Crippen LogP contribution in [0.2, 0.25) is 0 Å². The summed E-state index contributed by atoms with van der Waals surface area (Å²) in [4.78, 5) is 0. The van der Waals surface area contributed by atoms with Gasteiger partial charge in [0.05, 0.1) is 0 Å². The average molecular weight is 383 g/mol. The van der Waals surface area contributed by atoms with E-state index in [0.29, 0.717) is 0 Å². The molecule has 7 heteroatoms. The Labute approximate surface area is 73.6 Å². The molecule has 0 bridgehead atoms. The molecule has 0 unspecified atom stereocenters. The summed E-state index contributed by atoms with van der Waals surface area (Å²) >= 11 is -5.62. The molecule has 0 aliphatic rings. The van der Waals surface area contributed by atoms with Crippen LogP contribution in [-0.2, 0) is 65.8 Å². The van der Waals surface area contributed by atoms with E-state index in [-0.39, 0.29) is 44.7 Å². The van der Waals surface area contributed by atoms with Crippen LogP contribution in [-0.4, -0.2) is 0 Å². The Hall–Kier alpha value is 1.49. The second kappa shape index (κ2) is 5.63. The topological polar surface area (TPSA) is 80.3 Å². The van der Waals surface area contributed by atoms with E-state index in [1.807, 2.05) is 0 Å². The molecule has 0 aliphatic carbocycles. The van der Waals surface area contributed by atoms with Gasteiger partial charge in [-0.05, 0) is 0 Å². The first kappa shape index (κ1) is 15.8. The summed E-state index contributed by atoms with van der Waals surface area (Å²) in [7, 11) is 0. The summed E-state index contributed by atoms with van der Waals surface area (Å²) in [6, 6.07) is 0. The van der Waals surface area contributed by atoms with Gasteiger partial charge >= 0.3 is 74.2 Å². The van der Waals surface area contributed by atoms with Crippen molar-refractivity contribution in [1.29, 1.82) is 0 Å². The summed E-state index contributed by atoms with van der Waals surface area (Å²) in [6.07, 6.45) is 0. The third-order valence-electron chi connectivity index (χ3n) is 0. The van der Waals surface area contributed by atoms with Crippen LogP contribution in [0.15, 0.2) is 0 Å². The minimum absolute atomic E-state index is 0. The Kier molecular flexibility index (Phi) is 12.7. The molecule has 0 heterocycles. The van der Waals surface area contributed by atoms with Crippen molar-refractivity contribution in [2.45, 2.75) is 0 Å². The monoisotopic (exact) mass is 384 g/mol. The predicted octanol–water partition coefficient (Wildman–Crippen LogP) is -2.62. The van der Waals surface area contributed by atoms with Gasteiger partial charge in [-0.15, -0.1) is 0 Å². The van der Waals surface area contributed by atoms with Crippen molar-refractivity contribution in [2.75, 3.05) is 0 Å². The van der Waals surface area contributed by atoms with Crippen LogP contribution in [0.1, 0.15) is 0 Å². The fraction of sp³-hybridized carbons (Fsp3) is 0. The first-order valence-corrected chi connectivity index (χ1v) is 2.54. The average Bonchev–Trinajstić information content (AvgIpc) is 0.722. The van der Waals surface area contributed by atoms with Gasteiger partial charge in [0.2, 0.25) is 0 Å². The molecule has 0 aromatic carbocycles. The molecule has 0 rings (SSSR count). The van der Waals surface area contributed by atoms with Gasteiger partial charge in [-0.25, -0.2) is 0 Å². The van der Waals surface area contributed by atoms with Crippen LogP contribution in [0.4, 0.5) is 0 Å². The standard InChI is InChI=1S/Cu.Hg.Mn.4O/q+2;+1;;;;2*-1. The van der Waals surface area contributed by atoms with Crippen molar-refractivity contribution in [3.63, 3.8) is 0 Å². The van der Waals surface area contributed by atoms with Crippen LogP contribution in [0.25, 0.3) is 0 Å². The van der Waals surface area contributed by atoms with E-state index < -0.39 is 13.4 Å². The van der Waals surface area contributed by atoms with Crippen LogP contribution in [0.3, 0.4) is 0 Å². The summed E-state index contributed by atoms with van der Waals surface area (Å²) in [5.74, 6) is 0. The normalized spacial score (nSPS) is 8.29. The van der Waals surface area contributed by atoms with Gasteiger partial charge in [0.15, 0.2) is 0 Å². The van der Waals surface area contributed by atoms with Gasteiger partial charge in [-0.2, -0.15) is 0 Å². The maximum atomic E-state index is 8.58. The van der Waals surface area contributed by atoms with Crippen molar-refractivity contribution in [1.82, 2.24) is 0 Å². The van der Waals surface area contributed by atoms with Crippen molar-refractivity contribution in [3.05, 3.63) is 0 Å². The first-order chi connectivity index (χ1) is 2.00. The molecule has 0 amide bonds. The van der Waals surface area contributed by atoms with Crippen LogP contribution in [0.5, 0.6) is 0 Å². The Morgan fingerprint density at radius 1 is 1.14 bits per heavy atom. The first-order valence-electron chi connectivity index (χ1n) is 0.617. The van der Waals surface area contributed by atoms with Gasteiger partial charge in [-0.1, -0.05) is 0 Å². The van der Waals surface area contributed by atoms with Gasteiger partial charge in [0, 0.05) is 0 Å². The summed E-state index contributed by atoms with van der Waals surface area (Å²) in [5.41, 5.74) is 0. The second-order valence-electron chi connectivity index (χ2n) is 0.378. The Morgan fingerprint density at radius 2 is 1.14 bits per heavy atom. The Morgan fingerprint density at radius 3 is 1.14 bits per heavy atom. The van der Waals surface area contributed by atoms with Gasteiger partial charge in [-0.3, -0.25) is 0 Å². The molecule has 4 nitrogen and oxygen atoms in total. The Bertz CT molecular complexity index is 94.9. The van der Waals surface area contributed by atoms with Gasteiger partial charge < -0.3 is 0 Å². The molecule has 2 radical (unpaired) electrons. The van der Waals surface area contributed by atoms with Crippen molar-refractivity contribution >= 4 is 0 Å². The van der Waals surface area contributed by atoms with Crippen molar-refractivity contribution in [2.24, 2.45) is 0 Å². The van der Waals surface area contributed by atoms with Crippen LogP contribution >= 0.6 is 0 Å². The number of rotatable bonds is 0. The molecule has 0 saturated carbocycles. The number of hydrogen-bond acceptors (Lipinski definition) is 4. The fourth-order valence-corrected chi connectivity index (χ4v) is 0. The molecule has 7 heavy (non-hydrogen) atoms.